The van der Waals surface area contributed by atoms with Gasteiger partial charge in [0, 0.05) is 5.56 Å². The van der Waals surface area contributed by atoms with Gasteiger partial charge in [-0.2, -0.15) is 0 Å². The van der Waals surface area contributed by atoms with E-state index in [0.29, 0.717) is 5.56 Å². The van der Waals surface area contributed by atoms with Crippen molar-refractivity contribution < 1.29 is 18.3 Å². The van der Waals surface area contributed by atoms with Gasteiger partial charge in [-0.15, -0.1) is 11.3 Å². The van der Waals surface area contributed by atoms with Crippen LogP contribution in [0, 0.1) is 0 Å². The lowest BCUT2D eigenvalue weighted by Gasteiger charge is -2.10. The summed E-state index contributed by atoms with van der Waals surface area (Å²) >= 11 is 1.42. The molecular formula is C16H14N2O4S2. The Hall–Kier alpha value is -2.45. The lowest BCUT2D eigenvalue weighted by molar-refractivity contribution is 0.102. The Labute approximate surface area is 142 Å². The number of carbonyl (C=O) groups excluding carboxylic acids is 1. The number of benzene rings is 2. The quantitative estimate of drug-likeness (QED) is 0.696. The van der Waals surface area contributed by atoms with Gasteiger partial charge in [-0.3, -0.25) is 4.79 Å². The van der Waals surface area contributed by atoms with E-state index in [4.69, 9.17) is 0 Å². The van der Waals surface area contributed by atoms with E-state index in [1.165, 1.54) is 36.5 Å². The monoisotopic (exact) mass is 362 g/mol. The maximum Gasteiger partial charge on any atom is 0.255 e. The van der Waals surface area contributed by atoms with Crippen molar-refractivity contribution in [3.63, 3.8) is 0 Å². The molecule has 0 atom stereocenters. The average Bonchev–Trinajstić information content (AvgIpc) is 3.04. The molecule has 2 N–H and O–H groups in total. The number of aromatic nitrogens is 1. The van der Waals surface area contributed by atoms with Crippen LogP contribution in [0.1, 0.15) is 17.3 Å². The van der Waals surface area contributed by atoms with Crippen molar-refractivity contribution >= 4 is 43.0 Å². The number of hydrogen-bond acceptors (Lipinski definition) is 6. The Morgan fingerprint density at radius 2 is 2.04 bits per heavy atom. The first-order chi connectivity index (χ1) is 11.4. The Bertz CT molecular complexity index is 1030. The summed E-state index contributed by atoms with van der Waals surface area (Å²) in [6, 6.07) is 8.89. The summed E-state index contributed by atoms with van der Waals surface area (Å²) in [5, 5.41) is 12.4. The van der Waals surface area contributed by atoms with Crippen molar-refractivity contribution in [1.29, 1.82) is 0 Å². The molecule has 0 aliphatic carbocycles. The minimum absolute atomic E-state index is 0.0519. The Morgan fingerprint density at radius 3 is 2.79 bits per heavy atom. The van der Waals surface area contributed by atoms with E-state index in [1.54, 1.807) is 23.7 Å². The molecule has 0 spiro atoms. The fourth-order valence-corrected chi connectivity index (χ4v) is 3.79. The first-order valence-corrected chi connectivity index (χ1v) is 9.64. The molecule has 24 heavy (non-hydrogen) atoms. The molecule has 124 valence electrons. The fraction of sp³-hybridized carbons (Fsp3) is 0.125. The molecule has 1 heterocycles. The second-order valence-electron chi connectivity index (χ2n) is 5.07. The summed E-state index contributed by atoms with van der Waals surface area (Å²) in [5.74, 6) is -0.698. The Balaban J connectivity index is 1.92. The Morgan fingerprint density at radius 1 is 1.25 bits per heavy atom. The number of rotatable bonds is 4. The van der Waals surface area contributed by atoms with Crippen LogP contribution < -0.4 is 5.32 Å². The summed E-state index contributed by atoms with van der Waals surface area (Å²) in [4.78, 5) is 16.6. The zero-order chi connectivity index (χ0) is 17.3. The molecule has 0 radical (unpaired) electrons. The topological polar surface area (TPSA) is 96.4 Å². The van der Waals surface area contributed by atoms with E-state index in [-0.39, 0.29) is 22.1 Å². The van der Waals surface area contributed by atoms with Crippen molar-refractivity contribution in [1.82, 2.24) is 4.98 Å². The third-order valence-electron chi connectivity index (χ3n) is 3.55. The highest BCUT2D eigenvalue weighted by molar-refractivity contribution is 7.91. The number of anilines is 1. The number of fused-ring (bicyclic) bond motifs is 1. The molecular weight excluding hydrogens is 348 g/mol. The van der Waals surface area contributed by atoms with Gasteiger partial charge in [0.1, 0.15) is 5.75 Å². The third-order valence-corrected chi connectivity index (χ3v) is 6.07. The molecule has 1 amide bonds. The molecule has 3 aromatic rings. The molecule has 8 heteroatoms. The molecule has 0 fully saturated rings. The maximum absolute atomic E-state index is 12.4. The highest BCUT2D eigenvalue weighted by Gasteiger charge is 2.16. The van der Waals surface area contributed by atoms with Crippen molar-refractivity contribution in [3.05, 3.63) is 47.5 Å². The van der Waals surface area contributed by atoms with E-state index < -0.39 is 15.7 Å². The number of nitrogens with one attached hydrogen (secondary N) is 1. The number of nitrogens with zero attached hydrogens (tertiary/aromatic N) is 1. The third kappa shape index (κ3) is 3.10. The average molecular weight is 362 g/mol. The highest BCUT2D eigenvalue weighted by Crippen LogP contribution is 2.28. The number of amides is 1. The number of phenols is 1. The lowest BCUT2D eigenvalue weighted by atomic mass is 10.2. The van der Waals surface area contributed by atoms with E-state index in [0.717, 1.165) is 10.2 Å². The number of sulfone groups is 1. The lowest BCUT2D eigenvalue weighted by Crippen LogP contribution is -2.13. The van der Waals surface area contributed by atoms with Crippen LogP contribution in [-0.4, -0.2) is 30.2 Å². The van der Waals surface area contributed by atoms with E-state index >= 15 is 0 Å². The number of phenolic OH excluding ortho intramolecular Hbond substituents is 1. The van der Waals surface area contributed by atoms with Crippen molar-refractivity contribution in [2.45, 2.75) is 11.8 Å². The maximum atomic E-state index is 12.4. The number of carbonyl (C=O) groups is 1. The molecule has 0 aliphatic heterocycles. The molecule has 1 aromatic heterocycles. The number of hydrogen-bond donors (Lipinski definition) is 2. The van der Waals surface area contributed by atoms with E-state index in [2.05, 4.69) is 10.3 Å². The van der Waals surface area contributed by atoms with Crippen molar-refractivity contribution in [3.8, 4) is 5.75 Å². The molecule has 0 bridgehead atoms. The molecule has 0 unspecified atom stereocenters. The highest BCUT2D eigenvalue weighted by atomic mass is 32.2. The van der Waals surface area contributed by atoms with Gasteiger partial charge in [0.25, 0.3) is 5.91 Å². The summed E-state index contributed by atoms with van der Waals surface area (Å²) in [6.45, 7) is 1.53. The largest absolute Gasteiger partial charge is 0.506 e. The van der Waals surface area contributed by atoms with Crippen LogP contribution in [0.25, 0.3) is 10.2 Å². The minimum Gasteiger partial charge on any atom is -0.506 e. The summed E-state index contributed by atoms with van der Waals surface area (Å²) in [7, 11) is -3.43. The molecule has 2 aromatic carbocycles. The minimum atomic E-state index is -3.43. The van der Waals surface area contributed by atoms with Crippen LogP contribution >= 0.6 is 11.3 Å². The van der Waals surface area contributed by atoms with Crippen molar-refractivity contribution in [2.75, 3.05) is 11.1 Å². The first-order valence-electron chi connectivity index (χ1n) is 7.11. The Kier molecular flexibility index (Phi) is 4.25. The van der Waals surface area contributed by atoms with Gasteiger partial charge in [0.2, 0.25) is 0 Å². The van der Waals surface area contributed by atoms with Crippen molar-refractivity contribution in [2.24, 2.45) is 0 Å². The van der Waals surface area contributed by atoms with Gasteiger partial charge >= 0.3 is 0 Å². The van der Waals surface area contributed by atoms with Crippen LogP contribution in [0.4, 0.5) is 5.69 Å². The van der Waals surface area contributed by atoms with Gasteiger partial charge < -0.3 is 10.4 Å². The molecule has 0 aliphatic rings. The summed E-state index contributed by atoms with van der Waals surface area (Å²) in [5.41, 5.74) is 2.95. The van der Waals surface area contributed by atoms with Gasteiger partial charge in [0.05, 0.1) is 32.1 Å². The summed E-state index contributed by atoms with van der Waals surface area (Å²) in [6.07, 6.45) is 0. The zero-order valence-electron chi connectivity index (χ0n) is 12.7. The standard InChI is InChI=1S/C16H14N2O4S2/c1-2-24(21,22)11-4-6-14(19)13(8-11)18-16(20)10-3-5-12-15(7-10)23-9-17-12/h3-9,19H,2H2,1H3,(H,18,20). The first kappa shape index (κ1) is 16.4. The number of thiazole rings is 1. The van der Waals surface area contributed by atoms with Crippen LogP contribution in [-0.2, 0) is 9.84 Å². The van der Waals surface area contributed by atoms with Gasteiger partial charge in [0.15, 0.2) is 9.84 Å². The smallest absolute Gasteiger partial charge is 0.255 e. The number of aromatic hydroxyl groups is 1. The molecule has 0 saturated heterocycles. The molecule has 3 rings (SSSR count). The SMILES string of the molecule is CCS(=O)(=O)c1ccc(O)c(NC(=O)c2ccc3ncsc3c2)c1. The van der Waals surface area contributed by atoms with E-state index in [9.17, 15) is 18.3 Å². The second kappa shape index (κ2) is 6.21. The van der Waals surface area contributed by atoms with E-state index in [1.807, 2.05) is 0 Å². The predicted molar refractivity (Wildman–Crippen MR) is 93.4 cm³/mol. The molecule has 0 saturated carbocycles. The van der Waals surface area contributed by atoms with Gasteiger partial charge in [-0.05, 0) is 36.4 Å². The summed E-state index contributed by atoms with van der Waals surface area (Å²) < 4.78 is 24.7. The van der Waals surface area contributed by atoms with Crippen LogP contribution in [0.5, 0.6) is 5.75 Å². The predicted octanol–water partition coefficient (Wildman–Crippen LogP) is 3.05. The van der Waals surface area contributed by atoms with Crippen LogP contribution in [0.2, 0.25) is 0 Å². The van der Waals surface area contributed by atoms with Crippen LogP contribution in [0.3, 0.4) is 0 Å². The molecule has 6 nitrogen and oxygen atoms in total. The fourth-order valence-electron chi connectivity index (χ4n) is 2.17. The normalized spacial score (nSPS) is 11.5. The van der Waals surface area contributed by atoms with Crippen LogP contribution in [0.15, 0.2) is 46.8 Å². The zero-order valence-corrected chi connectivity index (χ0v) is 14.3. The van der Waals surface area contributed by atoms with Gasteiger partial charge in [-0.1, -0.05) is 6.92 Å². The van der Waals surface area contributed by atoms with Gasteiger partial charge in [-0.25, -0.2) is 13.4 Å². The second-order valence-corrected chi connectivity index (χ2v) is 8.24.